The van der Waals surface area contributed by atoms with Crippen molar-refractivity contribution in [2.75, 3.05) is 18.6 Å². The first-order valence-corrected chi connectivity index (χ1v) is 18.0. The van der Waals surface area contributed by atoms with Crippen molar-refractivity contribution >= 4 is 23.8 Å². The molecule has 3 N–H and O–H groups in total. The lowest BCUT2D eigenvalue weighted by Gasteiger charge is -2.27. The summed E-state index contributed by atoms with van der Waals surface area (Å²) in [4.78, 5) is 53.9. The first kappa shape index (κ1) is 34.1. The fraction of sp³-hybridized carbons (Fsp3) is 0.350. The van der Waals surface area contributed by atoms with Crippen LogP contribution in [0.4, 0.5) is 15.3 Å². The highest BCUT2D eigenvalue weighted by molar-refractivity contribution is 6.02. The van der Waals surface area contributed by atoms with Crippen molar-refractivity contribution in [2.45, 2.75) is 76.6 Å². The number of aryl methyl sites for hydroxylation is 1. The molecule has 272 valence electrons. The number of aromatic nitrogens is 5. The number of hydrogen-bond acceptors (Lipinski definition) is 8. The highest BCUT2D eigenvalue weighted by atomic mass is 16.6. The third-order valence-electron chi connectivity index (χ3n) is 10.2. The summed E-state index contributed by atoms with van der Waals surface area (Å²) < 4.78 is 10.4. The lowest BCUT2D eigenvalue weighted by molar-refractivity contribution is -0.121. The molecule has 1 unspecified atom stereocenters. The fourth-order valence-corrected chi connectivity index (χ4v) is 7.65. The Hall–Kier alpha value is -5.98. The Balaban J connectivity index is 0.962. The highest BCUT2D eigenvalue weighted by Gasteiger charge is 2.43. The molecular weight excluding hydrogens is 672 g/mol. The van der Waals surface area contributed by atoms with Crippen LogP contribution in [0.2, 0.25) is 0 Å². The number of para-hydroxylation sites is 1. The molecule has 53 heavy (non-hydrogen) atoms. The first-order valence-electron chi connectivity index (χ1n) is 18.0. The Morgan fingerprint density at radius 2 is 1.55 bits per heavy atom. The number of alkyl carbamates (subject to hydrolysis) is 1. The Bertz CT molecular complexity index is 2170. The summed E-state index contributed by atoms with van der Waals surface area (Å²) in [6, 6.07) is 21.3. The normalized spacial score (nSPS) is 19.5. The number of ether oxygens (including phenoxy) is 2. The second kappa shape index (κ2) is 13.5. The lowest BCUT2D eigenvalue weighted by atomic mass is 10.0. The number of likely N-dealkylation sites (tertiary alicyclic amines) is 1. The van der Waals surface area contributed by atoms with Gasteiger partial charge in [0, 0.05) is 18.5 Å². The smallest absolute Gasteiger partial charge is 0.410 e. The summed E-state index contributed by atoms with van der Waals surface area (Å²) in [5.41, 5.74) is 7.34. The third-order valence-corrected chi connectivity index (χ3v) is 10.2. The summed E-state index contributed by atoms with van der Waals surface area (Å²) >= 11 is 0. The number of benzene rings is 3. The molecule has 3 atom stereocenters. The topological polar surface area (TPSA) is 158 Å². The standard InChI is InChI=1S/C40H42N8O5/c1-40(2,3)53-39(51)47-20-6-9-31(47)36-44-34(45-46-36)27-16-12-24(13-17-27)23-10-14-25(15-11-23)30-22-41-35(42-30)32-21-28-8-5-7-26-18-19-29(43-38(50)52-4)37(49)48(32)33(26)28/h5,7-8,10-17,22,29,31-32H,6,9,18-21H2,1-4H3,(H,41,42)(H,43,50)(H,44,45,46)/t29-,31?,32-/m0/s1. The van der Waals surface area contributed by atoms with Crippen LogP contribution in [0.5, 0.6) is 0 Å². The maximum absolute atomic E-state index is 13.9. The van der Waals surface area contributed by atoms with Gasteiger partial charge in [0.15, 0.2) is 11.6 Å². The number of rotatable bonds is 6. The van der Waals surface area contributed by atoms with Gasteiger partial charge in [0.2, 0.25) is 5.91 Å². The number of nitrogens with zero attached hydrogens (tertiary/aromatic N) is 5. The molecule has 1 fully saturated rings. The number of methoxy groups -OCH3 is 1. The number of carbonyl (C=O) groups is 3. The van der Waals surface area contributed by atoms with Crippen molar-refractivity contribution in [1.82, 2.24) is 35.4 Å². The second-order valence-electron chi connectivity index (χ2n) is 14.8. The minimum atomic E-state index is -0.693. The van der Waals surface area contributed by atoms with Gasteiger partial charge in [0.25, 0.3) is 0 Å². The molecule has 2 aromatic heterocycles. The zero-order valence-corrected chi connectivity index (χ0v) is 30.2. The van der Waals surface area contributed by atoms with Gasteiger partial charge >= 0.3 is 12.2 Å². The molecule has 8 rings (SSSR count). The Kier molecular flexibility index (Phi) is 8.71. The zero-order chi connectivity index (χ0) is 36.9. The van der Waals surface area contributed by atoms with E-state index >= 15 is 0 Å². The molecule has 3 aromatic carbocycles. The molecule has 0 saturated carbocycles. The van der Waals surface area contributed by atoms with E-state index in [2.05, 4.69) is 67.9 Å². The summed E-state index contributed by atoms with van der Waals surface area (Å²) in [6.45, 7) is 6.22. The molecule has 13 heteroatoms. The van der Waals surface area contributed by atoms with Crippen LogP contribution < -0.4 is 10.2 Å². The summed E-state index contributed by atoms with van der Waals surface area (Å²) in [5, 5.41) is 11.5. The molecule has 5 heterocycles. The number of nitrogens with one attached hydrogen (secondary N) is 3. The Morgan fingerprint density at radius 3 is 2.26 bits per heavy atom. The molecular formula is C40H42N8O5. The van der Waals surface area contributed by atoms with E-state index in [-0.39, 0.29) is 24.1 Å². The van der Waals surface area contributed by atoms with Crippen molar-refractivity contribution < 1.29 is 23.9 Å². The SMILES string of the molecule is COC(=O)N[C@H]1CCc2cccc3c2N(C1=O)[C@H](c1ncc(-c2ccc(-c4ccc(-c5nnc(C6CCCN6C(=O)OC(C)(C)C)[nH]5)cc4)cc2)[nH]1)C3. The van der Waals surface area contributed by atoms with Gasteiger partial charge in [-0.15, -0.1) is 10.2 Å². The number of aromatic amines is 2. The van der Waals surface area contributed by atoms with Crippen LogP contribution in [0.3, 0.4) is 0 Å². The monoisotopic (exact) mass is 714 g/mol. The number of anilines is 1. The van der Waals surface area contributed by atoms with E-state index in [1.165, 1.54) is 7.11 Å². The van der Waals surface area contributed by atoms with Gasteiger partial charge in [0.1, 0.15) is 17.5 Å². The largest absolute Gasteiger partial charge is 0.453 e. The molecule has 13 nitrogen and oxygen atoms in total. The van der Waals surface area contributed by atoms with Crippen molar-refractivity contribution in [1.29, 1.82) is 0 Å². The maximum atomic E-state index is 13.9. The quantitative estimate of drug-likeness (QED) is 0.171. The van der Waals surface area contributed by atoms with Gasteiger partial charge in [-0.05, 0) is 74.3 Å². The van der Waals surface area contributed by atoms with Crippen LogP contribution >= 0.6 is 0 Å². The van der Waals surface area contributed by atoms with E-state index in [1.807, 2.05) is 45.0 Å². The van der Waals surface area contributed by atoms with Gasteiger partial charge in [-0.25, -0.2) is 14.6 Å². The van der Waals surface area contributed by atoms with E-state index in [4.69, 9.17) is 14.5 Å². The summed E-state index contributed by atoms with van der Waals surface area (Å²) in [7, 11) is 1.30. The van der Waals surface area contributed by atoms with Crippen molar-refractivity contribution in [2.24, 2.45) is 0 Å². The fourth-order valence-electron chi connectivity index (χ4n) is 7.65. The average molecular weight is 715 g/mol. The first-order chi connectivity index (χ1) is 25.6. The van der Waals surface area contributed by atoms with E-state index in [0.717, 1.165) is 57.6 Å². The molecule has 0 radical (unpaired) electrons. The van der Waals surface area contributed by atoms with Crippen LogP contribution in [-0.2, 0) is 27.1 Å². The number of amides is 3. The van der Waals surface area contributed by atoms with Crippen LogP contribution in [0.15, 0.2) is 72.9 Å². The molecule has 1 saturated heterocycles. The Labute approximate surface area is 307 Å². The van der Waals surface area contributed by atoms with E-state index in [1.54, 1.807) is 16.0 Å². The molecule has 0 aliphatic carbocycles. The molecule has 3 aliphatic heterocycles. The van der Waals surface area contributed by atoms with Crippen molar-refractivity contribution in [3.8, 4) is 33.8 Å². The summed E-state index contributed by atoms with van der Waals surface area (Å²) in [5.74, 6) is 1.83. The maximum Gasteiger partial charge on any atom is 0.410 e. The zero-order valence-electron chi connectivity index (χ0n) is 30.2. The van der Waals surface area contributed by atoms with Gasteiger partial charge in [-0.3, -0.25) is 14.6 Å². The molecule has 0 bridgehead atoms. The molecule has 3 aliphatic rings. The molecule has 0 spiro atoms. The number of hydrogen-bond donors (Lipinski definition) is 3. The predicted octanol–water partition coefficient (Wildman–Crippen LogP) is 6.90. The Morgan fingerprint density at radius 1 is 0.849 bits per heavy atom. The van der Waals surface area contributed by atoms with Crippen molar-refractivity contribution in [3.05, 3.63) is 95.7 Å². The van der Waals surface area contributed by atoms with Gasteiger partial charge in [-0.1, -0.05) is 66.7 Å². The minimum absolute atomic E-state index is 0.167. The summed E-state index contributed by atoms with van der Waals surface area (Å²) in [6.07, 6.45) is 4.31. The number of H-pyrrole nitrogens is 2. The van der Waals surface area contributed by atoms with Crippen molar-refractivity contribution in [3.63, 3.8) is 0 Å². The number of imidazole rings is 1. The predicted molar refractivity (Wildman–Crippen MR) is 198 cm³/mol. The van der Waals surface area contributed by atoms with Crippen LogP contribution in [0, 0.1) is 0 Å². The number of carbonyl (C=O) groups excluding carboxylic acids is 3. The van der Waals surface area contributed by atoms with Crippen LogP contribution in [-0.4, -0.2) is 73.4 Å². The van der Waals surface area contributed by atoms with Gasteiger partial charge in [-0.2, -0.15) is 0 Å². The van der Waals surface area contributed by atoms with Gasteiger partial charge in [0.05, 0.1) is 36.8 Å². The minimum Gasteiger partial charge on any atom is -0.453 e. The van der Waals surface area contributed by atoms with E-state index in [0.29, 0.717) is 43.3 Å². The highest BCUT2D eigenvalue weighted by Crippen LogP contribution is 2.44. The van der Waals surface area contributed by atoms with Gasteiger partial charge < -0.3 is 24.8 Å². The average Bonchev–Trinajstić information content (AvgIpc) is 3.97. The van der Waals surface area contributed by atoms with E-state index in [9.17, 15) is 14.4 Å². The lowest BCUT2D eigenvalue weighted by Crippen LogP contribution is -2.48. The van der Waals surface area contributed by atoms with Crippen LogP contribution in [0.1, 0.15) is 74.9 Å². The molecule has 3 amide bonds. The second-order valence-corrected chi connectivity index (χ2v) is 14.8. The van der Waals surface area contributed by atoms with Crippen LogP contribution in [0.25, 0.3) is 33.8 Å². The third kappa shape index (κ3) is 6.62. The van der Waals surface area contributed by atoms with E-state index < -0.39 is 17.7 Å². The molecule has 5 aromatic rings.